The molecule has 0 aliphatic heterocycles. The van der Waals surface area contributed by atoms with E-state index in [1.54, 1.807) is 0 Å². The van der Waals surface area contributed by atoms with E-state index in [4.69, 9.17) is 5.73 Å². The third-order valence-corrected chi connectivity index (χ3v) is 4.04. The fourth-order valence-electron chi connectivity index (χ4n) is 2.43. The predicted molar refractivity (Wildman–Crippen MR) is 74.4 cm³/mol. The van der Waals surface area contributed by atoms with E-state index in [0.717, 1.165) is 35.1 Å². The van der Waals surface area contributed by atoms with Crippen LogP contribution >= 0.6 is 0 Å². The Morgan fingerprint density at radius 1 is 1.37 bits per heavy atom. The second-order valence-corrected chi connectivity index (χ2v) is 5.38. The summed E-state index contributed by atoms with van der Waals surface area (Å²) in [5, 5.41) is 12.0. The van der Waals surface area contributed by atoms with Crippen LogP contribution in [0.5, 0.6) is 0 Å². The minimum atomic E-state index is 0.783. The Morgan fingerprint density at radius 2 is 2.21 bits per heavy atom. The number of aryl methyl sites for hydroxylation is 2. The Labute approximate surface area is 112 Å². The van der Waals surface area contributed by atoms with E-state index in [9.17, 15) is 0 Å². The molecule has 1 aromatic heterocycles. The summed E-state index contributed by atoms with van der Waals surface area (Å²) in [5.74, 6) is 1.67. The highest BCUT2D eigenvalue weighted by molar-refractivity contribution is 5.63. The minimum absolute atomic E-state index is 0.783. The van der Waals surface area contributed by atoms with Crippen molar-refractivity contribution >= 4 is 5.69 Å². The summed E-state index contributed by atoms with van der Waals surface area (Å²) in [6.07, 6.45) is 5.25. The van der Waals surface area contributed by atoms with E-state index < -0.39 is 0 Å². The maximum atomic E-state index is 5.95. The van der Waals surface area contributed by atoms with Gasteiger partial charge in [-0.2, -0.15) is 0 Å². The van der Waals surface area contributed by atoms with Gasteiger partial charge in [0.25, 0.3) is 0 Å². The number of tetrazole rings is 1. The first-order valence-electron chi connectivity index (χ1n) is 6.86. The number of hydrogen-bond donors (Lipinski definition) is 1. The zero-order valence-electron chi connectivity index (χ0n) is 11.2. The summed E-state index contributed by atoms with van der Waals surface area (Å²) in [6, 6.07) is 5.98. The molecule has 0 radical (unpaired) electrons. The quantitative estimate of drug-likeness (QED) is 0.854. The molecular formula is C14H19N5. The minimum Gasteiger partial charge on any atom is -0.398 e. The molecule has 1 saturated carbocycles. The number of nitrogen functional groups attached to an aromatic ring is 1. The average molecular weight is 257 g/mol. The van der Waals surface area contributed by atoms with Crippen molar-refractivity contribution in [3.05, 3.63) is 23.8 Å². The van der Waals surface area contributed by atoms with Crippen LogP contribution in [0.25, 0.3) is 11.4 Å². The Hall–Kier alpha value is -1.91. The van der Waals surface area contributed by atoms with Gasteiger partial charge in [0.05, 0.1) is 0 Å². The van der Waals surface area contributed by atoms with E-state index in [0.29, 0.717) is 0 Å². The smallest absolute Gasteiger partial charge is 0.182 e. The number of rotatable bonds is 4. The summed E-state index contributed by atoms with van der Waals surface area (Å²) in [6.45, 7) is 2.89. The standard InChI is InChI=1S/C14H19N5/c1-10-5-6-12(9-13(10)15)14-16-17-18-19(14)8-7-11-3-2-4-11/h5-6,9,11H,2-4,7-8,15H2,1H3. The Morgan fingerprint density at radius 3 is 2.89 bits per heavy atom. The van der Waals surface area contributed by atoms with Gasteiger partial charge in [0.1, 0.15) is 0 Å². The first-order chi connectivity index (χ1) is 9.24. The van der Waals surface area contributed by atoms with Crippen LogP contribution in [0.3, 0.4) is 0 Å². The first kappa shape index (κ1) is 12.1. The van der Waals surface area contributed by atoms with Gasteiger partial charge in [-0.25, -0.2) is 4.68 Å². The zero-order valence-corrected chi connectivity index (χ0v) is 11.2. The van der Waals surface area contributed by atoms with Crippen LogP contribution in [0.2, 0.25) is 0 Å². The monoisotopic (exact) mass is 257 g/mol. The number of benzene rings is 1. The molecule has 1 heterocycles. The highest BCUT2D eigenvalue weighted by atomic mass is 15.5. The predicted octanol–water partition coefficient (Wildman–Crippen LogP) is 2.42. The molecule has 0 atom stereocenters. The number of aromatic nitrogens is 4. The van der Waals surface area contributed by atoms with E-state index in [1.165, 1.54) is 25.7 Å². The number of nitrogens with two attached hydrogens (primary N) is 1. The second-order valence-electron chi connectivity index (χ2n) is 5.38. The van der Waals surface area contributed by atoms with Gasteiger partial charge in [0.15, 0.2) is 5.82 Å². The van der Waals surface area contributed by atoms with Gasteiger partial charge in [-0.3, -0.25) is 0 Å². The van der Waals surface area contributed by atoms with E-state index in [-0.39, 0.29) is 0 Å². The van der Waals surface area contributed by atoms with Crippen molar-refractivity contribution in [1.82, 2.24) is 20.2 Å². The van der Waals surface area contributed by atoms with Gasteiger partial charge in [0, 0.05) is 17.8 Å². The maximum Gasteiger partial charge on any atom is 0.182 e. The molecule has 0 bridgehead atoms. The highest BCUT2D eigenvalue weighted by Crippen LogP contribution is 2.30. The van der Waals surface area contributed by atoms with Gasteiger partial charge >= 0.3 is 0 Å². The summed E-state index contributed by atoms with van der Waals surface area (Å²) >= 11 is 0. The fourth-order valence-corrected chi connectivity index (χ4v) is 2.43. The van der Waals surface area contributed by atoms with E-state index >= 15 is 0 Å². The van der Waals surface area contributed by atoms with Crippen LogP contribution in [0.4, 0.5) is 5.69 Å². The van der Waals surface area contributed by atoms with Gasteiger partial charge < -0.3 is 5.73 Å². The normalized spacial score (nSPS) is 15.4. The molecule has 0 saturated heterocycles. The zero-order chi connectivity index (χ0) is 13.2. The Bertz CT molecular complexity index is 571. The number of nitrogens with zero attached hydrogens (tertiary/aromatic N) is 4. The molecule has 1 fully saturated rings. The van der Waals surface area contributed by atoms with Gasteiger partial charge in [0.2, 0.25) is 0 Å². The fraction of sp³-hybridized carbons (Fsp3) is 0.500. The van der Waals surface area contributed by atoms with Gasteiger partial charge in [-0.05, 0) is 41.3 Å². The van der Waals surface area contributed by atoms with E-state index in [2.05, 4.69) is 15.5 Å². The third-order valence-electron chi connectivity index (χ3n) is 4.04. The summed E-state index contributed by atoms with van der Waals surface area (Å²) in [5.41, 5.74) is 8.80. The first-order valence-corrected chi connectivity index (χ1v) is 6.86. The molecular weight excluding hydrogens is 238 g/mol. The molecule has 2 N–H and O–H groups in total. The molecule has 1 aliphatic carbocycles. The molecule has 100 valence electrons. The van der Waals surface area contributed by atoms with Crippen LogP contribution < -0.4 is 5.73 Å². The maximum absolute atomic E-state index is 5.95. The number of anilines is 1. The van der Waals surface area contributed by atoms with Crippen LogP contribution in [0, 0.1) is 12.8 Å². The lowest BCUT2D eigenvalue weighted by atomic mass is 9.83. The molecule has 2 aromatic rings. The molecule has 1 aromatic carbocycles. The lowest BCUT2D eigenvalue weighted by Gasteiger charge is -2.24. The molecule has 0 spiro atoms. The van der Waals surface area contributed by atoms with Crippen LogP contribution in [0.1, 0.15) is 31.2 Å². The largest absolute Gasteiger partial charge is 0.398 e. The van der Waals surface area contributed by atoms with Crippen molar-refractivity contribution in [2.75, 3.05) is 5.73 Å². The lowest BCUT2D eigenvalue weighted by Crippen LogP contribution is -2.15. The highest BCUT2D eigenvalue weighted by Gasteiger charge is 2.18. The molecule has 0 unspecified atom stereocenters. The van der Waals surface area contributed by atoms with Gasteiger partial charge in [-0.15, -0.1) is 5.10 Å². The summed E-state index contributed by atoms with van der Waals surface area (Å²) in [4.78, 5) is 0. The third kappa shape index (κ3) is 2.45. The van der Waals surface area contributed by atoms with Crippen molar-refractivity contribution in [3.63, 3.8) is 0 Å². The average Bonchev–Trinajstić information content (AvgIpc) is 2.79. The van der Waals surface area contributed by atoms with Crippen molar-refractivity contribution in [2.45, 2.75) is 39.2 Å². The number of hydrogen-bond acceptors (Lipinski definition) is 4. The topological polar surface area (TPSA) is 69.6 Å². The van der Waals surface area contributed by atoms with Crippen molar-refractivity contribution in [2.24, 2.45) is 5.92 Å². The van der Waals surface area contributed by atoms with Crippen molar-refractivity contribution < 1.29 is 0 Å². The molecule has 5 nitrogen and oxygen atoms in total. The van der Waals surface area contributed by atoms with Crippen LogP contribution in [-0.2, 0) is 6.54 Å². The van der Waals surface area contributed by atoms with Crippen LogP contribution in [0.15, 0.2) is 18.2 Å². The van der Waals surface area contributed by atoms with Crippen molar-refractivity contribution in [3.8, 4) is 11.4 Å². The summed E-state index contributed by atoms with van der Waals surface area (Å²) in [7, 11) is 0. The Kier molecular flexibility index (Phi) is 3.19. The van der Waals surface area contributed by atoms with Gasteiger partial charge in [-0.1, -0.05) is 31.4 Å². The second kappa shape index (κ2) is 4.99. The molecule has 1 aliphatic rings. The summed E-state index contributed by atoms with van der Waals surface area (Å²) < 4.78 is 1.89. The Balaban J connectivity index is 1.79. The van der Waals surface area contributed by atoms with Crippen LogP contribution in [-0.4, -0.2) is 20.2 Å². The van der Waals surface area contributed by atoms with Crippen molar-refractivity contribution in [1.29, 1.82) is 0 Å². The molecule has 19 heavy (non-hydrogen) atoms. The molecule has 5 heteroatoms. The SMILES string of the molecule is Cc1ccc(-c2nnnn2CCC2CCC2)cc1N. The van der Waals surface area contributed by atoms with E-state index in [1.807, 2.05) is 29.8 Å². The molecule has 0 amide bonds. The lowest BCUT2D eigenvalue weighted by molar-refractivity contribution is 0.277. The molecule has 3 rings (SSSR count).